The van der Waals surface area contributed by atoms with E-state index in [1.807, 2.05) is 0 Å². The molecule has 2 aromatic carbocycles. The predicted molar refractivity (Wildman–Crippen MR) is 102 cm³/mol. The summed E-state index contributed by atoms with van der Waals surface area (Å²) in [4.78, 5) is 17.8. The van der Waals surface area contributed by atoms with E-state index < -0.39 is 0 Å². The lowest BCUT2D eigenvalue weighted by Gasteiger charge is -2.01. The Bertz CT molecular complexity index is 1100. The average Bonchev–Trinajstić information content (AvgIpc) is 3.29. The van der Waals surface area contributed by atoms with Crippen LogP contribution in [0.25, 0.3) is 11.0 Å². The Balaban J connectivity index is 1.48. The van der Waals surface area contributed by atoms with Gasteiger partial charge >= 0.3 is 0 Å². The highest BCUT2D eigenvalue weighted by molar-refractivity contribution is 7.15. The highest BCUT2D eigenvalue weighted by Crippen LogP contribution is 2.27. The zero-order chi connectivity index (χ0) is 18.8. The molecule has 7 heteroatoms. The van der Waals surface area contributed by atoms with Crippen molar-refractivity contribution >= 4 is 33.3 Å². The number of amides is 1. The molecule has 1 amide bonds. The normalized spacial score (nSPS) is 10.9. The van der Waals surface area contributed by atoms with Crippen molar-refractivity contribution in [2.45, 2.75) is 6.42 Å². The van der Waals surface area contributed by atoms with Crippen LogP contribution in [0, 0.1) is 5.82 Å². The summed E-state index contributed by atoms with van der Waals surface area (Å²) < 4.78 is 23.6. The molecule has 5 nitrogen and oxygen atoms in total. The van der Waals surface area contributed by atoms with Crippen molar-refractivity contribution in [1.82, 2.24) is 4.98 Å². The number of hydrogen-bond donors (Lipinski definition) is 1. The lowest BCUT2D eigenvalue weighted by molar-refractivity contribution is 0.102. The second-order valence-electron chi connectivity index (χ2n) is 5.90. The number of carbonyl (C=O) groups is 1. The van der Waals surface area contributed by atoms with Crippen LogP contribution in [-0.4, -0.2) is 18.0 Å². The van der Waals surface area contributed by atoms with Crippen molar-refractivity contribution in [3.8, 4) is 5.75 Å². The maximum absolute atomic E-state index is 13.0. The second-order valence-corrected chi connectivity index (χ2v) is 7.02. The number of anilines is 1. The van der Waals surface area contributed by atoms with Crippen molar-refractivity contribution in [3.05, 3.63) is 76.7 Å². The quantitative estimate of drug-likeness (QED) is 0.534. The second kappa shape index (κ2) is 7.20. The molecule has 136 valence electrons. The van der Waals surface area contributed by atoms with Crippen molar-refractivity contribution < 1.29 is 18.3 Å². The summed E-state index contributed by atoms with van der Waals surface area (Å²) in [5.41, 5.74) is 1.99. The standard InChI is InChI=1S/C20H15FN2O3S/c1-25-14-6-7-16-17(11-26-18(16)9-14)19(24)23-20-22-10-15(27-20)8-12-2-4-13(21)5-3-12/h2-7,9-11H,8H2,1H3,(H,22,23,24). The van der Waals surface area contributed by atoms with Gasteiger partial charge in [0.05, 0.1) is 12.7 Å². The Morgan fingerprint density at radius 2 is 2.07 bits per heavy atom. The van der Waals surface area contributed by atoms with E-state index in [0.717, 1.165) is 10.4 Å². The summed E-state index contributed by atoms with van der Waals surface area (Å²) in [5.74, 6) is 0.108. The van der Waals surface area contributed by atoms with Crippen LogP contribution in [0.3, 0.4) is 0 Å². The molecule has 0 atom stereocenters. The van der Waals surface area contributed by atoms with E-state index in [0.29, 0.717) is 33.8 Å². The van der Waals surface area contributed by atoms with Crippen molar-refractivity contribution in [1.29, 1.82) is 0 Å². The Morgan fingerprint density at radius 3 is 2.85 bits per heavy atom. The molecule has 2 aromatic heterocycles. The largest absolute Gasteiger partial charge is 0.497 e. The number of furan rings is 1. The monoisotopic (exact) mass is 382 g/mol. The Labute approximate surface area is 158 Å². The molecular formula is C20H15FN2O3S. The number of nitrogens with zero attached hydrogens (tertiary/aromatic N) is 1. The Hall–Kier alpha value is -3.19. The van der Waals surface area contributed by atoms with E-state index in [1.165, 1.54) is 29.7 Å². The van der Waals surface area contributed by atoms with Gasteiger partial charge in [-0.25, -0.2) is 9.37 Å². The van der Waals surface area contributed by atoms with Gasteiger partial charge in [0.15, 0.2) is 5.13 Å². The first-order chi connectivity index (χ1) is 13.1. The number of halogens is 1. The summed E-state index contributed by atoms with van der Waals surface area (Å²) in [5, 5.41) is 4.00. The summed E-state index contributed by atoms with van der Waals surface area (Å²) in [6.07, 6.45) is 3.76. The summed E-state index contributed by atoms with van der Waals surface area (Å²) in [7, 11) is 1.57. The number of aromatic nitrogens is 1. The first-order valence-corrected chi connectivity index (χ1v) is 9.00. The van der Waals surface area contributed by atoms with Gasteiger partial charge in [0.1, 0.15) is 23.4 Å². The molecule has 0 aliphatic heterocycles. The van der Waals surface area contributed by atoms with Gasteiger partial charge in [-0.3, -0.25) is 10.1 Å². The molecule has 2 heterocycles. The van der Waals surface area contributed by atoms with Gasteiger partial charge < -0.3 is 9.15 Å². The third kappa shape index (κ3) is 3.68. The third-order valence-corrected chi connectivity index (χ3v) is 5.01. The van der Waals surface area contributed by atoms with Gasteiger partial charge in [0.2, 0.25) is 0 Å². The topological polar surface area (TPSA) is 64.4 Å². The maximum atomic E-state index is 13.0. The summed E-state index contributed by atoms with van der Waals surface area (Å²) >= 11 is 1.38. The van der Waals surface area contributed by atoms with Gasteiger partial charge in [0, 0.05) is 28.9 Å². The predicted octanol–water partition coefficient (Wildman–Crippen LogP) is 4.88. The van der Waals surface area contributed by atoms with Crippen LogP contribution in [0.5, 0.6) is 5.75 Å². The molecule has 1 N–H and O–H groups in total. The highest BCUT2D eigenvalue weighted by atomic mass is 32.1. The van der Waals surface area contributed by atoms with Crippen LogP contribution in [0.15, 0.2) is 59.3 Å². The van der Waals surface area contributed by atoms with Crippen LogP contribution >= 0.6 is 11.3 Å². The van der Waals surface area contributed by atoms with E-state index in [2.05, 4.69) is 10.3 Å². The van der Waals surface area contributed by atoms with Gasteiger partial charge in [-0.2, -0.15) is 0 Å². The number of fused-ring (bicyclic) bond motifs is 1. The van der Waals surface area contributed by atoms with E-state index in [1.54, 1.807) is 43.6 Å². The average molecular weight is 382 g/mol. The summed E-state index contributed by atoms with van der Waals surface area (Å²) in [6, 6.07) is 11.6. The number of benzene rings is 2. The number of methoxy groups -OCH3 is 1. The number of carbonyl (C=O) groups excluding carboxylic acids is 1. The Morgan fingerprint density at radius 1 is 1.26 bits per heavy atom. The molecule has 27 heavy (non-hydrogen) atoms. The van der Waals surface area contributed by atoms with Crippen LogP contribution in [0.4, 0.5) is 9.52 Å². The van der Waals surface area contributed by atoms with Gasteiger partial charge in [0.25, 0.3) is 5.91 Å². The zero-order valence-electron chi connectivity index (χ0n) is 14.4. The lowest BCUT2D eigenvalue weighted by atomic mass is 10.1. The van der Waals surface area contributed by atoms with Crippen LogP contribution in [0.1, 0.15) is 20.8 Å². The zero-order valence-corrected chi connectivity index (χ0v) is 15.2. The first-order valence-electron chi connectivity index (χ1n) is 8.18. The number of rotatable bonds is 5. The fourth-order valence-electron chi connectivity index (χ4n) is 2.73. The SMILES string of the molecule is COc1ccc2c(C(=O)Nc3ncc(Cc4ccc(F)cc4)s3)coc2c1. The van der Waals surface area contributed by atoms with E-state index in [4.69, 9.17) is 9.15 Å². The number of nitrogens with one attached hydrogen (secondary N) is 1. The van der Waals surface area contributed by atoms with Crippen LogP contribution in [-0.2, 0) is 6.42 Å². The molecule has 0 saturated heterocycles. The van der Waals surface area contributed by atoms with Crippen LogP contribution < -0.4 is 10.1 Å². The molecule has 0 bridgehead atoms. The molecule has 0 radical (unpaired) electrons. The third-order valence-electron chi connectivity index (χ3n) is 4.09. The summed E-state index contributed by atoms with van der Waals surface area (Å²) in [6.45, 7) is 0. The molecule has 0 aliphatic rings. The first kappa shape index (κ1) is 17.2. The van der Waals surface area contributed by atoms with E-state index in [9.17, 15) is 9.18 Å². The molecular weight excluding hydrogens is 367 g/mol. The minimum Gasteiger partial charge on any atom is -0.497 e. The highest BCUT2D eigenvalue weighted by Gasteiger charge is 2.16. The van der Waals surface area contributed by atoms with Crippen molar-refractivity contribution in [2.75, 3.05) is 12.4 Å². The smallest absolute Gasteiger partial charge is 0.261 e. The van der Waals surface area contributed by atoms with Crippen LogP contribution in [0.2, 0.25) is 0 Å². The molecule has 4 aromatic rings. The fourth-order valence-corrected chi connectivity index (χ4v) is 3.57. The minimum atomic E-state index is -0.290. The lowest BCUT2D eigenvalue weighted by Crippen LogP contribution is -2.10. The van der Waals surface area contributed by atoms with Gasteiger partial charge in [-0.15, -0.1) is 11.3 Å². The molecule has 4 rings (SSSR count). The fraction of sp³-hybridized carbons (Fsp3) is 0.100. The Kier molecular flexibility index (Phi) is 4.60. The van der Waals surface area contributed by atoms with E-state index >= 15 is 0 Å². The molecule has 0 spiro atoms. The molecule has 0 fully saturated rings. The maximum Gasteiger partial charge on any atom is 0.261 e. The minimum absolute atomic E-state index is 0.263. The van der Waals surface area contributed by atoms with Crippen molar-refractivity contribution in [3.63, 3.8) is 0 Å². The van der Waals surface area contributed by atoms with Gasteiger partial charge in [-0.1, -0.05) is 12.1 Å². The van der Waals surface area contributed by atoms with E-state index in [-0.39, 0.29) is 11.7 Å². The van der Waals surface area contributed by atoms with Crippen molar-refractivity contribution in [2.24, 2.45) is 0 Å². The molecule has 0 saturated carbocycles. The molecule has 0 aliphatic carbocycles. The number of hydrogen-bond acceptors (Lipinski definition) is 5. The number of thiazole rings is 1. The number of ether oxygens (including phenoxy) is 1. The molecule has 0 unspecified atom stereocenters. The van der Waals surface area contributed by atoms with Gasteiger partial charge in [-0.05, 0) is 29.8 Å².